The number of esters is 1. The van der Waals surface area contributed by atoms with E-state index >= 15 is 0 Å². The van der Waals surface area contributed by atoms with E-state index in [9.17, 15) is 4.79 Å². The van der Waals surface area contributed by atoms with Gasteiger partial charge in [0.05, 0.1) is 16.9 Å². The molecule has 3 aromatic rings. The van der Waals surface area contributed by atoms with Gasteiger partial charge in [-0.25, -0.2) is 0 Å². The predicted molar refractivity (Wildman–Crippen MR) is 108 cm³/mol. The number of thioether (sulfide) groups is 1. The molecule has 2 aromatic carbocycles. The Bertz CT molecular complexity index is 939. The molecular formula is C20H20ClN3O2S. The van der Waals surface area contributed by atoms with E-state index < -0.39 is 0 Å². The van der Waals surface area contributed by atoms with Crippen LogP contribution in [0.25, 0.3) is 17.1 Å². The molecule has 0 N–H and O–H groups in total. The fourth-order valence-corrected chi connectivity index (χ4v) is 3.48. The van der Waals surface area contributed by atoms with Crippen molar-refractivity contribution in [2.45, 2.75) is 32.0 Å². The molecule has 1 aromatic heterocycles. The molecule has 0 atom stereocenters. The van der Waals surface area contributed by atoms with Crippen molar-refractivity contribution in [2.75, 3.05) is 5.75 Å². The normalized spacial score (nSPS) is 11.0. The summed E-state index contributed by atoms with van der Waals surface area (Å²) in [6.07, 6.45) is -0.147. The molecule has 1 heterocycles. The zero-order valence-corrected chi connectivity index (χ0v) is 16.9. The lowest BCUT2D eigenvalue weighted by molar-refractivity contribution is -0.144. The highest BCUT2D eigenvalue weighted by atomic mass is 35.5. The Hall–Kier alpha value is -2.31. The van der Waals surface area contributed by atoms with Crippen molar-refractivity contribution in [3.05, 3.63) is 59.1 Å². The van der Waals surface area contributed by atoms with Crippen LogP contribution < -0.4 is 0 Å². The smallest absolute Gasteiger partial charge is 0.316 e. The third kappa shape index (κ3) is 4.70. The second kappa shape index (κ2) is 8.59. The molecule has 0 amide bonds. The second-order valence-corrected chi connectivity index (χ2v) is 7.63. The molecule has 140 valence electrons. The van der Waals surface area contributed by atoms with E-state index in [1.54, 1.807) is 0 Å². The first-order chi connectivity index (χ1) is 13.0. The highest BCUT2D eigenvalue weighted by Crippen LogP contribution is 2.32. The zero-order chi connectivity index (χ0) is 19.4. The third-order valence-corrected chi connectivity index (χ3v) is 4.96. The number of benzene rings is 2. The van der Waals surface area contributed by atoms with E-state index in [-0.39, 0.29) is 17.8 Å². The average Bonchev–Trinajstić information content (AvgIpc) is 3.04. The molecule has 0 fully saturated rings. The number of carbonyl (C=O) groups is 1. The fraction of sp³-hybridized carbons (Fsp3) is 0.250. The minimum Gasteiger partial charge on any atom is -0.462 e. The van der Waals surface area contributed by atoms with Gasteiger partial charge in [0.1, 0.15) is 0 Å². The van der Waals surface area contributed by atoms with Crippen LogP contribution in [-0.2, 0) is 9.53 Å². The molecule has 3 rings (SSSR count). The van der Waals surface area contributed by atoms with Crippen molar-refractivity contribution in [1.82, 2.24) is 14.8 Å². The number of aromatic nitrogens is 3. The van der Waals surface area contributed by atoms with Gasteiger partial charge < -0.3 is 4.74 Å². The van der Waals surface area contributed by atoms with E-state index in [0.717, 1.165) is 16.8 Å². The SMILES string of the molecule is Cc1ccc(-n2c(SCC(=O)OC(C)C)nnc2-c2ccccc2Cl)cc1. The maximum atomic E-state index is 11.9. The number of aryl methyl sites for hydroxylation is 1. The standard InChI is InChI=1S/C20H20ClN3O2S/c1-13(2)26-18(25)12-27-20-23-22-19(16-6-4-5-7-17(16)21)24(20)15-10-8-14(3)9-11-15/h4-11,13H,12H2,1-3H3. The molecule has 0 bridgehead atoms. The Morgan fingerprint density at radius 3 is 2.52 bits per heavy atom. The van der Waals surface area contributed by atoms with Gasteiger partial charge in [-0.3, -0.25) is 9.36 Å². The number of halogens is 1. The number of rotatable bonds is 6. The van der Waals surface area contributed by atoms with Crippen molar-refractivity contribution < 1.29 is 9.53 Å². The summed E-state index contributed by atoms with van der Waals surface area (Å²) in [7, 11) is 0. The average molecular weight is 402 g/mol. The molecule has 5 nitrogen and oxygen atoms in total. The Morgan fingerprint density at radius 1 is 1.15 bits per heavy atom. The van der Waals surface area contributed by atoms with Gasteiger partial charge >= 0.3 is 5.97 Å². The van der Waals surface area contributed by atoms with Crippen LogP contribution >= 0.6 is 23.4 Å². The highest BCUT2D eigenvalue weighted by molar-refractivity contribution is 7.99. The summed E-state index contributed by atoms with van der Waals surface area (Å²) in [5, 5.41) is 9.83. The number of carbonyl (C=O) groups excluding carboxylic acids is 1. The summed E-state index contributed by atoms with van der Waals surface area (Å²) in [5.74, 6) is 0.502. The van der Waals surface area contributed by atoms with Crippen LogP contribution in [0.5, 0.6) is 0 Å². The lowest BCUT2D eigenvalue weighted by Gasteiger charge is -2.12. The van der Waals surface area contributed by atoms with E-state index in [0.29, 0.717) is 16.0 Å². The third-order valence-electron chi connectivity index (χ3n) is 3.73. The second-order valence-electron chi connectivity index (χ2n) is 6.28. The number of hydrogen-bond donors (Lipinski definition) is 0. The molecule has 0 saturated carbocycles. The fourth-order valence-electron chi connectivity index (χ4n) is 2.53. The van der Waals surface area contributed by atoms with Crippen LogP contribution in [0.15, 0.2) is 53.7 Å². The van der Waals surface area contributed by atoms with Gasteiger partial charge in [0.25, 0.3) is 0 Å². The van der Waals surface area contributed by atoms with Crippen LogP contribution in [0.1, 0.15) is 19.4 Å². The molecule has 0 unspecified atom stereocenters. The minimum absolute atomic E-state index is 0.147. The van der Waals surface area contributed by atoms with E-state index in [1.165, 1.54) is 11.8 Å². The Labute approximate surface area is 167 Å². The summed E-state index contributed by atoms with van der Waals surface area (Å²) in [5.41, 5.74) is 2.84. The van der Waals surface area contributed by atoms with Gasteiger partial charge in [0, 0.05) is 11.3 Å². The molecule has 27 heavy (non-hydrogen) atoms. The number of ether oxygens (including phenoxy) is 1. The van der Waals surface area contributed by atoms with E-state index in [1.807, 2.05) is 73.9 Å². The number of nitrogens with zero attached hydrogens (tertiary/aromatic N) is 3. The van der Waals surface area contributed by atoms with Crippen LogP contribution in [0.3, 0.4) is 0 Å². The highest BCUT2D eigenvalue weighted by Gasteiger charge is 2.19. The minimum atomic E-state index is -0.284. The number of hydrogen-bond acceptors (Lipinski definition) is 5. The molecule has 0 aliphatic carbocycles. The summed E-state index contributed by atoms with van der Waals surface area (Å²) >= 11 is 7.66. The van der Waals surface area contributed by atoms with Crippen LogP contribution in [0.4, 0.5) is 0 Å². The van der Waals surface area contributed by atoms with Gasteiger partial charge in [0.2, 0.25) is 0 Å². The van der Waals surface area contributed by atoms with Crippen molar-refractivity contribution in [3.63, 3.8) is 0 Å². The van der Waals surface area contributed by atoms with Gasteiger partial charge in [-0.2, -0.15) is 0 Å². The molecule has 0 aliphatic heterocycles. The van der Waals surface area contributed by atoms with E-state index in [2.05, 4.69) is 10.2 Å². The molecule has 0 aliphatic rings. The van der Waals surface area contributed by atoms with Crippen molar-refractivity contribution in [2.24, 2.45) is 0 Å². The van der Waals surface area contributed by atoms with Gasteiger partial charge in [-0.05, 0) is 45.0 Å². The summed E-state index contributed by atoms with van der Waals surface area (Å²) in [6, 6.07) is 15.5. The maximum Gasteiger partial charge on any atom is 0.316 e. The summed E-state index contributed by atoms with van der Waals surface area (Å²) in [6.45, 7) is 5.68. The Balaban J connectivity index is 2.00. The first kappa shape index (κ1) is 19.5. The van der Waals surface area contributed by atoms with Crippen molar-refractivity contribution in [3.8, 4) is 17.1 Å². The van der Waals surface area contributed by atoms with Crippen molar-refractivity contribution >= 4 is 29.3 Å². The predicted octanol–water partition coefficient (Wildman–Crippen LogP) is 4.94. The van der Waals surface area contributed by atoms with Crippen molar-refractivity contribution in [1.29, 1.82) is 0 Å². The zero-order valence-electron chi connectivity index (χ0n) is 15.3. The largest absolute Gasteiger partial charge is 0.462 e. The van der Waals surface area contributed by atoms with Gasteiger partial charge in [0.15, 0.2) is 11.0 Å². The Morgan fingerprint density at radius 2 is 1.85 bits per heavy atom. The first-order valence-electron chi connectivity index (χ1n) is 8.55. The molecule has 7 heteroatoms. The summed E-state index contributed by atoms with van der Waals surface area (Å²) in [4.78, 5) is 11.9. The summed E-state index contributed by atoms with van der Waals surface area (Å²) < 4.78 is 7.12. The molecule has 0 saturated heterocycles. The first-order valence-corrected chi connectivity index (χ1v) is 9.91. The quantitative estimate of drug-likeness (QED) is 0.432. The lowest BCUT2D eigenvalue weighted by Crippen LogP contribution is -2.13. The molecule has 0 spiro atoms. The van der Waals surface area contributed by atoms with Gasteiger partial charge in [-0.15, -0.1) is 10.2 Å². The van der Waals surface area contributed by atoms with Crippen LogP contribution in [0, 0.1) is 6.92 Å². The Kier molecular flexibility index (Phi) is 6.19. The van der Waals surface area contributed by atoms with Crippen LogP contribution in [0.2, 0.25) is 5.02 Å². The van der Waals surface area contributed by atoms with Gasteiger partial charge in [-0.1, -0.05) is 53.2 Å². The molecular weight excluding hydrogens is 382 g/mol. The van der Waals surface area contributed by atoms with E-state index in [4.69, 9.17) is 16.3 Å². The maximum absolute atomic E-state index is 11.9. The molecule has 0 radical (unpaired) electrons. The monoisotopic (exact) mass is 401 g/mol. The van der Waals surface area contributed by atoms with Crippen LogP contribution in [-0.4, -0.2) is 32.6 Å². The topological polar surface area (TPSA) is 57.0 Å². The lowest BCUT2D eigenvalue weighted by atomic mass is 10.2.